The van der Waals surface area contributed by atoms with Crippen LogP contribution in [0.1, 0.15) is 28.8 Å². The number of carbonyl (C=O) groups is 1. The average molecular weight is 402 g/mol. The Morgan fingerprint density at radius 2 is 2.03 bits per heavy atom. The molecule has 4 aromatic rings. The van der Waals surface area contributed by atoms with Gasteiger partial charge in [0, 0.05) is 29.3 Å². The monoisotopic (exact) mass is 402 g/mol. The molecule has 1 saturated carbocycles. The van der Waals surface area contributed by atoms with Gasteiger partial charge in [-0.2, -0.15) is 0 Å². The number of amides is 1. The van der Waals surface area contributed by atoms with Crippen LogP contribution in [0.25, 0.3) is 16.9 Å². The molecule has 1 aliphatic rings. The van der Waals surface area contributed by atoms with Crippen LogP contribution in [0.3, 0.4) is 0 Å². The van der Waals surface area contributed by atoms with Gasteiger partial charge in [-0.1, -0.05) is 12.1 Å². The third-order valence-electron chi connectivity index (χ3n) is 5.04. The normalized spacial score (nSPS) is 13.4. The summed E-state index contributed by atoms with van der Waals surface area (Å²) in [5, 5.41) is 7.52. The maximum Gasteiger partial charge on any atom is 0.251 e. The molecule has 0 saturated heterocycles. The van der Waals surface area contributed by atoms with E-state index in [1.165, 1.54) is 12.1 Å². The molecule has 6 nitrogen and oxygen atoms in total. The Balaban J connectivity index is 1.46. The maximum atomic E-state index is 13.4. The van der Waals surface area contributed by atoms with Crippen LogP contribution in [0.4, 0.5) is 4.39 Å². The molecule has 2 heterocycles. The molecule has 0 atom stereocenters. The molecule has 150 valence electrons. The second kappa shape index (κ2) is 7.26. The molecular weight excluding hydrogens is 383 g/mol. The Morgan fingerprint density at radius 1 is 1.17 bits per heavy atom. The van der Waals surface area contributed by atoms with Gasteiger partial charge in [0.2, 0.25) is 5.88 Å². The van der Waals surface area contributed by atoms with Crippen LogP contribution in [0.15, 0.2) is 60.8 Å². The van der Waals surface area contributed by atoms with Crippen molar-refractivity contribution < 1.29 is 13.9 Å². The van der Waals surface area contributed by atoms with Crippen molar-refractivity contribution in [2.24, 2.45) is 0 Å². The van der Waals surface area contributed by atoms with Crippen molar-refractivity contribution in [2.75, 3.05) is 0 Å². The molecule has 0 radical (unpaired) electrons. The highest BCUT2D eigenvalue weighted by Gasteiger charge is 2.24. The topological polar surface area (TPSA) is 68.5 Å². The van der Waals surface area contributed by atoms with Crippen LogP contribution in [-0.4, -0.2) is 26.5 Å². The summed E-state index contributed by atoms with van der Waals surface area (Å²) in [6.07, 6.45) is 3.83. The van der Waals surface area contributed by atoms with Gasteiger partial charge in [-0.25, -0.2) is 13.9 Å². The molecule has 1 N–H and O–H groups in total. The minimum Gasteiger partial charge on any atom is -0.437 e. The summed E-state index contributed by atoms with van der Waals surface area (Å²) in [4.78, 5) is 16.8. The van der Waals surface area contributed by atoms with Gasteiger partial charge >= 0.3 is 0 Å². The number of nitrogens with one attached hydrogen (secondary N) is 1. The van der Waals surface area contributed by atoms with Crippen molar-refractivity contribution in [3.05, 3.63) is 77.7 Å². The molecule has 0 bridgehead atoms. The van der Waals surface area contributed by atoms with E-state index in [-0.39, 0.29) is 11.7 Å². The smallest absolute Gasteiger partial charge is 0.251 e. The van der Waals surface area contributed by atoms with E-state index in [4.69, 9.17) is 4.74 Å². The van der Waals surface area contributed by atoms with Gasteiger partial charge in [-0.15, -0.1) is 5.10 Å². The molecule has 7 heteroatoms. The number of hydrogen-bond acceptors (Lipinski definition) is 4. The van der Waals surface area contributed by atoms with Crippen molar-refractivity contribution >= 4 is 11.6 Å². The van der Waals surface area contributed by atoms with Crippen LogP contribution >= 0.6 is 0 Å². The van der Waals surface area contributed by atoms with Crippen molar-refractivity contribution in [3.63, 3.8) is 0 Å². The van der Waals surface area contributed by atoms with E-state index in [0.717, 1.165) is 29.7 Å². The van der Waals surface area contributed by atoms with Crippen molar-refractivity contribution in [1.29, 1.82) is 0 Å². The Morgan fingerprint density at radius 3 is 2.80 bits per heavy atom. The fraction of sp³-hybridized carbons (Fsp3) is 0.174. The van der Waals surface area contributed by atoms with Crippen molar-refractivity contribution in [2.45, 2.75) is 25.8 Å². The highest BCUT2D eigenvalue weighted by Crippen LogP contribution is 2.26. The van der Waals surface area contributed by atoms with Gasteiger partial charge in [0.1, 0.15) is 11.6 Å². The number of benzene rings is 2. The van der Waals surface area contributed by atoms with Crippen molar-refractivity contribution in [1.82, 2.24) is 19.9 Å². The van der Waals surface area contributed by atoms with E-state index >= 15 is 0 Å². The molecule has 2 aromatic carbocycles. The highest BCUT2D eigenvalue weighted by atomic mass is 19.1. The number of halogens is 1. The third-order valence-corrected chi connectivity index (χ3v) is 5.04. The molecule has 0 spiro atoms. The van der Waals surface area contributed by atoms with Gasteiger partial charge in [-0.3, -0.25) is 4.79 Å². The first-order valence-corrected chi connectivity index (χ1v) is 9.77. The number of carbonyl (C=O) groups excluding carboxylic acids is 1. The lowest BCUT2D eigenvalue weighted by Gasteiger charge is -2.09. The van der Waals surface area contributed by atoms with Gasteiger partial charge in [0.15, 0.2) is 5.65 Å². The number of nitrogens with zero attached hydrogens (tertiary/aromatic N) is 3. The lowest BCUT2D eigenvalue weighted by Crippen LogP contribution is -2.26. The largest absolute Gasteiger partial charge is 0.437 e. The van der Waals surface area contributed by atoms with Crippen LogP contribution < -0.4 is 10.1 Å². The molecule has 1 fully saturated rings. The molecule has 2 aromatic heterocycles. The molecule has 5 rings (SSSR count). The minimum absolute atomic E-state index is 0.0383. The summed E-state index contributed by atoms with van der Waals surface area (Å²) in [5.41, 5.74) is 3.87. The first-order valence-electron chi connectivity index (χ1n) is 9.77. The first kappa shape index (κ1) is 18.3. The third kappa shape index (κ3) is 3.61. The van der Waals surface area contributed by atoms with Gasteiger partial charge in [0.05, 0.1) is 11.9 Å². The van der Waals surface area contributed by atoms with E-state index in [1.807, 2.05) is 25.1 Å². The highest BCUT2D eigenvalue weighted by molar-refractivity contribution is 5.96. The summed E-state index contributed by atoms with van der Waals surface area (Å²) in [6, 6.07) is 15.4. The molecule has 1 aliphatic carbocycles. The number of aromatic nitrogens is 3. The fourth-order valence-corrected chi connectivity index (χ4v) is 3.33. The second-order valence-electron chi connectivity index (χ2n) is 7.42. The van der Waals surface area contributed by atoms with Gasteiger partial charge in [-0.05, 0) is 55.7 Å². The Bertz CT molecular complexity index is 1260. The Hall–Kier alpha value is -3.74. The van der Waals surface area contributed by atoms with Crippen molar-refractivity contribution in [3.8, 4) is 22.9 Å². The fourth-order valence-electron chi connectivity index (χ4n) is 3.33. The SMILES string of the molecule is Cc1cc(-c2cnc3ccc(Oc4cccc(F)c4)nn23)ccc1C(=O)NC1CC1. The van der Waals surface area contributed by atoms with Crippen LogP contribution in [-0.2, 0) is 0 Å². The Labute approximate surface area is 172 Å². The summed E-state index contributed by atoms with van der Waals surface area (Å²) in [7, 11) is 0. The van der Waals surface area contributed by atoms with Gasteiger partial charge in [0.25, 0.3) is 5.91 Å². The minimum atomic E-state index is -0.377. The van der Waals surface area contributed by atoms with E-state index < -0.39 is 0 Å². The Kier molecular flexibility index (Phi) is 4.43. The van der Waals surface area contributed by atoms with Crippen LogP contribution in [0.5, 0.6) is 11.6 Å². The molecule has 1 amide bonds. The number of rotatable bonds is 5. The number of hydrogen-bond donors (Lipinski definition) is 1. The quantitative estimate of drug-likeness (QED) is 0.533. The zero-order valence-electron chi connectivity index (χ0n) is 16.3. The average Bonchev–Trinajstić information content (AvgIpc) is 3.44. The summed E-state index contributed by atoms with van der Waals surface area (Å²) in [6.45, 7) is 1.92. The van der Waals surface area contributed by atoms with Gasteiger partial charge < -0.3 is 10.1 Å². The van der Waals surface area contributed by atoms with E-state index in [2.05, 4.69) is 15.4 Å². The summed E-state index contributed by atoms with van der Waals surface area (Å²) >= 11 is 0. The van der Waals surface area contributed by atoms with E-state index in [0.29, 0.717) is 28.9 Å². The number of ether oxygens (including phenoxy) is 1. The molecular formula is C23H19FN4O2. The zero-order chi connectivity index (χ0) is 20.7. The summed E-state index contributed by atoms with van der Waals surface area (Å²) < 4.78 is 20.8. The standard InChI is InChI=1S/C23H19FN4O2/c1-14-11-15(5-8-19(14)23(29)26-17-6-7-17)20-13-25-21-9-10-22(27-28(20)21)30-18-4-2-3-16(24)12-18/h2-5,8-13,17H,6-7H2,1H3,(H,26,29). The summed E-state index contributed by atoms with van der Waals surface area (Å²) in [5.74, 6) is 0.275. The number of imidazole rings is 1. The van der Waals surface area contributed by atoms with Crippen LogP contribution in [0.2, 0.25) is 0 Å². The van der Waals surface area contributed by atoms with E-state index in [9.17, 15) is 9.18 Å². The zero-order valence-corrected chi connectivity index (χ0v) is 16.3. The second-order valence-corrected chi connectivity index (χ2v) is 7.42. The van der Waals surface area contributed by atoms with Crippen LogP contribution in [0, 0.1) is 12.7 Å². The molecule has 0 aliphatic heterocycles. The number of fused-ring (bicyclic) bond motifs is 1. The predicted molar refractivity (Wildman–Crippen MR) is 110 cm³/mol. The van der Waals surface area contributed by atoms with E-state index in [1.54, 1.807) is 35.0 Å². The lowest BCUT2D eigenvalue weighted by atomic mass is 10.0. The predicted octanol–water partition coefficient (Wildman–Crippen LogP) is 4.53. The number of aryl methyl sites for hydroxylation is 1. The molecule has 30 heavy (non-hydrogen) atoms. The lowest BCUT2D eigenvalue weighted by molar-refractivity contribution is 0.0950. The maximum absolute atomic E-state index is 13.4. The first-order chi connectivity index (χ1) is 14.6. The molecule has 0 unspecified atom stereocenters.